The zero-order valence-electron chi connectivity index (χ0n) is 25.3. The van der Waals surface area contributed by atoms with Gasteiger partial charge in [0.05, 0.1) is 36.7 Å². The molecule has 5 aromatic carbocycles. The van der Waals surface area contributed by atoms with E-state index >= 15 is 0 Å². The number of thiazole rings is 2. The predicted molar refractivity (Wildman–Crippen MR) is 183 cm³/mol. The molecule has 0 spiro atoms. The van der Waals surface area contributed by atoms with Crippen LogP contribution in [0.15, 0.2) is 122 Å². The molecule has 2 aromatic heterocycles. The number of benzene rings is 5. The van der Waals surface area contributed by atoms with Gasteiger partial charge in [-0.1, -0.05) is 24.3 Å². The van der Waals surface area contributed by atoms with E-state index in [0.29, 0.717) is 32.2 Å². The second-order valence-corrected chi connectivity index (χ2v) is 13.7. The number of para-hydroxylation sites is 1. The van der Waals surface area contributed by atoms with Crippen LogP contribution in [0.2, 0.25) is 0 Å². The number of aryl methyl sites for hydroxylation is 1. The van der Waals surface area contributed by atoms with Crippen molar-refractivity contribution in [1.82, 2.24) is 9.97 Å². The topological polar surface area (TPSA) is 166 Å². The average molecular weight is 701 g/mol. The number of fused-ring (bicyclic) bond motifs is 2. The Morgan fingerprint density at radius 1 is 0.729 bits per heavy atom. The molecule has 0 radical (unpaired) electrons. The van der Waals surface area contributed by atoms with E-state index < -0.39 is 21.0 Å². The van der Waals surface area contributed by atoms with E-state index in [9.17, 15) is 22.6 Å². The molecule has 232 valence electrons. The molecule has 0 fully saturated rings. The first-order valence-electron chi connectivity index (χ1n) is 14.0. The second-order valence-electron chi connectivity index (χ2n) is 10.4. The first kappa shape index (κ1) is 33.5. The van der Waals surface area contributed by atoms with Crippen molar-refractivity contribution in [2.24, 2.45) is 10.2 Å². The van der Waals surface area contributed by atoms with Crippen molar-refractivity contribution >= 4 is 64.6 Å². The smallest absolute Gasteiger partial charge is 0.744 e. The largest absolute Gasteiger partial charge is 1.00 e. The molecule has 0 saturated carbocycles. The summed E-state index contributed by atoms with van der Waals surface area (Å²) in [5.74, 6) is 0. The molecular weight excluding hydrogens is 680 g/mol. The SMILES string of the molecule is Cc1ccc2nc(-c3ccc4nc(-c5ccc(N/N=c6\ccc(=O)/c(=N\Nc7ccccc7)c6=O)cc5)sc4c3)sc2c1S(=O)(=O)[O-].[Na+]. The van der Waals surface area contributed by atoms with Crippen LogP contribution in [0.1, 0.15) is 5.56 Å². The van der Waals surface area contributed by atoms with Crippen molar-refractivity contribution in [1.29, 1.82) is 0 Å². The Bertz CT molecular complexity index is 2670. The molecule has 0 unspecified atom stereocenters. The summed E-state index contributed by atoms with van der Waals surface area (Å²) < 4.78 is 37.0. The second kappa shape index (κ2) is 13.6. The summed E-state index contributed by atoms with van der Waals surface area (Å²) in [6.07, 6.45) is 0. The van der Waals surface area contributed by atoms with Gasteiger partial charge in [0, 0.05) is 11.1 Å². The van der Waals surface area contributed by atoms with E-state index in [4.69, 9.17) is 4.98 Å². The Labute approximate surface area is 302 Å². The molecule has 48 heavy (non-hydrogen) atoms. The number of hydrogen-bond acceptors (Lipinski definition) is 13. The van der Waals surface area contributed by atoms with E-state index in [0.717, 1.165) is 26.4 Å². The summed E-state index contributed by atoms with van der Waals surface area (Å²) in [7, 11) is -4.66. The minimum Gasteiger partial charge on any atom is -0.744 e. The minimum absolute atomic E-state index is 0. The van der Waals surface area contributed by atoms with Crippen LogP contribution < -0.4 is 62.0 Å². The van der Waals surface area contributed by atoms with Gasteiger partial charge in [0.2, 0.25) is 10.9 Å². The molecule has 2 N–H and O–H groups in total. The van der Waals surface area contributed by atoms with Crippen molar-refractivity contribution in [2.45, 2.75) is 11.8 Å². The van der Waals surface area contributed by atoms with Crippen molar-refractivity contribution in [3.05, 3.63) is 134 Å². The van der Waals surface area contributed by atoms with Gasteiger partial charge >= 0.3 is 29.6 Å². The Morgan fingerprint density at radius 2 is 1.38 bits per heavy atom. The van der Waals surface area contributed by atoms with Crippen LogP contribution in [0.4, 0.5) is 11.4 Å². The summed E-state index contributed by atoms with van der Waals surface area (Å²) in [5, 5.41) is 9.35. The van der Waals surface area contributed by atoms with Crippen molar-refractivity contribution in [3.63, 3.8) is 0 Å². The third-order valence-electron chi connectivity index (χ3n) is 7.18. The number of hydrogen-bond donors (Lipinski definition) is 2. The molecule has 0 aliphatic heterocycles. The number of nitrogens with one attached hydrogen (secondary N) is 2. The molecule has 0 saturated heterocycles. The Morgan fingerprint density at radius 3 is 2.12 bits per heavy atom. The minimum atomic E-state index is -4.66. The Balaban J connectivity index is 0.00000401. The molecule has 0 amide bonds. The van der Waals surface area contributed by atoms with Gasteiger partial charge in [-0.05, 0) is 85.3 Å². The van der Waals surface area contributed by atoms with Crippen LogP contribution in [-0.2, 0) is 10.1 Å². The number of rotatable bonds is 7. The van der Waals surface area contributed by atoms with Gasteiger partial charge in [0.25, 0.3) is 0 Å². The molecule has 0 atom stereocenters. The van der Waals surface area contributed by atoms with Gasteiger partial charge in [0.1, 0.15) is 25.5 Å². The van der Waals surface area contributed by atoms with E-state index in [1.807, 2.05) is 36.4 Å². The Hall–Kier alpha value is -4.41. The van der Waals surface area contributed by atoms with Gasteiger partial charge in [-0.15, -0.1) is 22.7 Å². The zero-order valence-corrected chi connectivity index (χ0v) is 29.7. The normalized spacial score (nSPS) is 12.4. The van der Waals surface area contributed by atoms with Gasteiger partial charge < -0.3 is 4.55 Å². The summed E-state index contributed by atoms with van der Waals surface area (Å²) >= 11 is 2.66. The molecule has 7 aromatic rings. The van der Waals surface area contributed by atoms with Gasteiger partial charge in [0.15, 0.2) is 5.36 Å². The molecule has 2 heterocycles. The summed E-state index contributed by atoms with van der Waals surface area (Å²) in [6.45, 7) is 1.60. The first-order chi connectivity index (χ1) is 22.6. The quantitative estimate of drug-likeness (QED) is 0.144. The fraction of sp³-hybridized carbons (Fsp3) is 0.0303. The van der Waals surface area contributed by atoms with Crippen LogP contribution in [0.3, 0.4) is 0 Å². The predicted octanol–water partition coefficient (Wildman–Crippen LogP) is 1.91. The van der Waals surface area contributed by atoms with E-state index in [1.165, 1.54) is 34.8 Å². The number of nitrogens with zero attached hydrogens (tertiary/aromatic N) is 4. The summed E-state index contributed by atoms with van der Waals surface area (Å²) in [6, 6.07) is 27.9. The van der Waals surface area contributed by atoms with Crippen LogP contribution >= 0.6 is 22.7 Å². The van der Waals surface area contributed by atoms with Crippen LogP contribution in [0.5, 0.6) is 0 Å². The van der Waals surface area contributed by atoms with Crippen LogP contribution in [0, 0.1) is 6.92 Å². The van der Waals surface area contributed by atoms with Crippen molar-refractivity contribution in [3.8, 4) is 21.1 Å². The van der Waals surface area contributed by atoms with Gasteiger partial charge in [-0.25, -0.2) is 18.4 Å². The maximum Gasteiger partial charge on any atom is 1.00 e. The molecule has 7 rings (SSSR count). The molecule has 0 aliphatic carbocycles. The molecule has 0 bridgehead atoms. The summed E-state index contributed by atoms with van der Waals surface area (Å²) in [4.78, 5) is 34.3. The monoisotopic (exact) mass is 700 g/mol. The first-order valence-corrected chi connectivity index (χ1v) is 17.1. The third kappa shape index (κ3) is 6.77. The fourth-order valence-corrected chi connectivity index (χ4v) is 8.15. The maximum absolute atomic E-state index is 12.9. The molecule has 0 aliphatic rings. The maximum atomic E-state index is 12.9. The van der Waals surface area contributed by atoms with E-state index in [2.05, 4.69) is 26.0 Å². The fourth-order valence-electron chi connectivity index (χ4n) is 4.86. The number of anilines is 2. The van der Waals surface area contributed by atoms with E-state index in [1.54, 1.807) is 55.5 Å². The zero-order chi connectivity index (χ0) is 32.7. The molecule has 11 nitrogen and oxygen atoms in total. The average Bonchev–Trinajstić information content (AvgIpc) is 3.68. The van der Waals surface area contributed by atoms with Gasteiger partial charge in [-0.3, -0.25) is 20.4 Å². The third-order valence-corrected chi connectivity index (χ3v) is 10.5. The number of aromatic nitrogens is 2. The molecule has 15 heteroatoms. The van der Waals surface area contributed by atoms with Gasteiger partial charge in [-0.2, -0.15) is 10.2 Å². The van der Waals surface area contributed by atoms with Crippen LogP contribution in [-0.4, -0.2) is 22.9 Å². The Kier molecular flexibility index (Phi) is 9.49. The standard InChI is InChI=1S/C33H22N6O5S3.Na/c1-18-7-13-25-30(31(18)47(42,43)44)46-33(35-25)20-10-14-23-27(17-20)45-32(34-23)19-8-11-22(12-9-19)36-38-24-15-16-26(40)28(29(24)41)39-37-21-5-3-2-4-6-21;/h2-17,36-37H,1H3,(H,42,43,44);/q;+1/p-1/b38-24+,39-28+;. The van der Waals surface area contributed by atoms with Crippen LogP contribution in [0.25, 0.3) is 41.6 Å². The molecular formula is C33H21N6NaO5S3. The van der Waals surface area contributed by atoms with Crippen molar-refractivity contribution < 1.29 is 42.5 Å². The van der Waals surface area contributed by atoms with E-state index in [-0.39, 0.29) is 45.2 Å². The summed E-state index contributed by atoms with van der Waals surface area (Å²) in [5.41, 5.74) is 9.03. The van der Waals surface area contributed by atoms with Crippen molar-refractivity contribution in [2.75, 3.05) is 10.9 Å².